The van der Waals surface area contributed by atoms with Crippen molar-refractivity contribution in [3.05, 3.63) is 11.2 Å². The maximum absolute atomic E-state index is 5.92. The molecule has 0 unspecified atom stereocenters. The second-order valence-corrected chi connectivity index (χ2v) is 4.05. The molecule has 0 amide bonds. The van der Waals surface area contributed by atoms with E-state index in [2.05, 4.69) is 20.2 Å². The lowest BCUT2D eigenvalue weighted by Crippen LogP contribution is -2.28. The van der Waals surface area contributed by atoms with E-state index in [-0.39, 0.29) is 5.95 Å². The van der Waals surface area contributed by atoms with Gasteiger partial charge in [-0.3, -0.25) is 0 Å². The van der Waals surface area contributed by atoms with E-state index in [4.69, 9.17) is 22.1 Å². The Morgan fingerprint density at radius 1 is 1.53 bits per heavy atom. The minimum Gasteiger partial charge on any atom is -0.383 e. The number of likely N-dealkylation sites (N-methyl/N-ethyl adjacent to an activating group) is 1. The summed E-state index contributed by atoms with van der Waals surface area (Å²) in [7, 11) is 3.71. The van der Waals surface area contributed by atoms with E-state index in [1.165, 1.54) is 6.20 Å². The zero-order valence-corrected chi connectivity index (χ0v) is 10.9. The fraction of sp³-hybridized carbons (Fsp3) is 0.600. The van der Waals surface area contributed by atoms with Gasteiger partial charge in [-0.25, -0.2) is 4.98 Å². The molecule has 96 valence electrons. The standard InChI is InChI=1S/C10H18ClN5O/c1-16(5-6-17-2)4-3-13-9-8(11)7-14-10(12)15-9/h7H,3-6H2,1-2H3,(H3,12,13,14,15). The first kappa shape index (κ1) is 14.0. The Morgan fingerprint density at radius 3 is 3.00 bits per heavy atom. The van der Waals surface area contributed by atoms with Gasteiger partial charge in [0, 0.05) is 26.7 Å². The summed E-state index contributed by atoms with van der Waals surface area (Å²) in [6, 6.07) is 0. The Morgan fingerprint density at radius 2 is 2.29 bits per heavy atom. The smallest absolute Gasteiger partial charge is 0.222 e. The van der Waals surface area contributed by atoms with Crippen LogP contribution in [0.5, 0.6) is 0 Å². The molecule has 0 fully saturated rings. The van der Waals surface area contributed by atoms with Crippen molar-refractivity contribution in [2.75, 3.05) is 51.4 Å². The van der Waals surface area contributed by atoms with Gasteiger partial charge < -0.3 is 20.7 Å². The number of rotatable bonds is 7. The van der Waals surface area contributed by atoms with Crippen molar-refractivity contribution in [1.82, 2.24) is 14.9 Å². The lowest BCUT2D eigenvalue weighted by Gasteiger charge is -2.16. The highest BCUT2D eigenvalue weighted by Gasteiger charge is 2.03. The SMILES string of the molecule is COCCN(C)CCNc1nc(N)ncc1Cl. The minimum absolute atomic E-state index is 0.213. The molecule has 0 saturated carbocycles. The monoisotopic (exact) mass is 259 g/mol. The van der Waals surface area contributed by atoms with Crippen LogP contribution in [0, 0.1) is 0 Å². The average Bonchev–Trinajstić information content (AvgIpc) is 2.31. The summed E-state index contributed by atoms with van der Waals surface area (Å²) in [5.74, 6) is 0.781. The number of anilines is 2. The minimum atomic E-state index is 0.213. The maximum Gasteiger partial charge on any atom is 0.222 e. The van der Waals surface area contributed by atoms with Crippen molar-refractivity contribution >= 4 is 23.4 Å². The van der Waals surface area contributed by atoms with Crippen LogP contribution in [0.1, 0.15) is 0 Å². The summed E-state index contributed by atoms with van der Waals surface area (Å²) >= 11 is 5.92. The molecular formula is C10H18ClN5O. The molecule has 3 N–H and O–H groups in total. The molecule has 0 bridgehead atoms. The molecule has 0 aromatic carbocycles. The molecule has 0 aliphatic rings. The molecule has 0 aliphatic heterocycles. The Labute approximate surface area is 106 Å². The van der Waals surface area contributed by atoms with Gasteiger partial charge in [0.2, 0.25) is 5.95 Å². The second-order valence-electron chi connectivity index (χ2n) is 3.65. The zero-order chi connectivity index (χ0) is 12.7. The number of aromatic nitrogens is 2. The van der Waals surface area contributed by atoms with Crippen LogP contribution in [-0.4, -0.2) is 55.3 Å². The van der Waals surface area contributed by atoms with E-state index < -0.39 is 0 Å². The number of halogens is 1. The van der Waals surface area contributed by atoms with Gasteiger partial charge in [0.05, 0.1) is 12.8 Å². The Bertz CT molecular complexity index is 349. The third-order valence-corrected chi connectivity index (χ3v) is 2.50. The van der Waals surface area contributed by atoms with Gasteiger partial charge >= 0.3 is 0 Å². The fourth-order valence-corrected chi connectivity index (χ4v) is 1.39. The molecule has 1 heterocycles. The van der Waals surface area contributed by atoms with Crippen LogP contribution in [0.15, 0.2) is 6.20 Å². The predicted octanol–water partition coefficient (Wildman–Crippen LogP) is 0.702. The normalized spacial score (nSPS) is 10.8. The maximum atomic E-state index is 5.92. The van der Waals surface area contributed by atoms with Crippen molar-refractivity contribution in [2.45, 2.75) is 0 Å². The topological polar surface area (TPSA) is 76.3 Å². The Kier molecular flexibility index (Phi) is 5.96. The van der Waals surface area contributed by atoms with Crippen LogP contribution in [0.25, 0.3) is 0 Å². The number of methoxy groups -OCH3 is 1. The number of hydrogen-bond acceptors (Lipinski definition) is 6. The molecule has 7 heteroatoms. The van der Waals surface area contributed by atoms with Gasteiger partial charge in [0.15, 0.2) is 5.82 Å². The molecule has 0 aliphatic carbocycles. The van der Waals surface area contributed by atoms with Crippen molar-refractivity contribution < 1.29 is 4.74 Å². The first-order valence-corrected chi connectivity index (χ1v) is 5.70. The van der Waals surface area contributed by atoms with E-state index >= 15 is 0 Å². The van der Waals surface area contributed by atoms with Gasteiger partial charge in [-0.1, -0.05) is 11.6 Å². The number of nitrogen functional groups attached to an aromatic ring is 1. The third-order valence-electron chi connectivity index (χ3n) is 2.23. The van der Waals surface area contributed by atoms with Crippen LogP contribution >= 0.6 is 11.6 Å². The molecular weight excluding hydrogens is 242 g/mol. The summed E-state index contributed by atoms with van der Waals surface area (Å²) in [5.41, 5.74) is 5.48. The number of nitrogens with one attached hydrogen (secondary N) is 1. The summed E-state index contributed by atoms with van der Waals surface area (Å²) < 4.78 is 4.99. The van der Waals surface area contributed by atoms with Crippen LogP contribution in [0.4, 0.5) is 11.8 Å². The molecule has 0 radical (unpaired) electrons. The molecule has 17 heavy (non-hydrogen) atoms. The van der Waals surface area contributed by atoms with Crippen molar-refractivity contribution in [1.29, 1.82) is 0 Å². The predicted molar refractivity (Wildman–Crippen MR) is 69.3 cm³/mol. The lowest BCUT2D eigenvalue weighted by atomic mass is 10.5. The lowest BCUT2D eigenvalue weighted by molar-refractivity contribution is 0.163. The Balaban J connectivity index is 2.32. The first-order valence-electron chi connectivity index (χ1n) is 5.33. The zero-order valence-electron chi connectivity index (χ0n) is 10.1. The van der Waals surface area contributed by atoms with Crippen LogP contribution in [-0.2, 0) is 4.74 Å². The molecule has 6 nitrogen and oxygen atoms in total. The highest BCUT2D eigenvalue weighted by atomic mass is 35.5. The summed E-state index contributed by atoms with van der Waals surface area (Å²) in [6.45, 7) is 3.20. The quantitative estimate of drug-likeness (QED) is 0.751. The highest BCUT2D eigenvalue weighted by Crippen LogP contribution is 2.17. The van der Waals surface area contributed by atoms with Gasteiger partial charge in [0.1, 0.15) is 5.02 Å². The molecule has 0 spiro atoms. The van der Waals surface area contributed by atoms with E-state index in [1.807, 2.05) is 7.05 Å². The molecule has 0 saturated heterocycles. The Hall–Kier alpha value is -1.11. The van der Waals surface area contributed by atoms with Crippen LogP contribution in [0.3, 0.4) is 0 Å². The largest absolute Gasteiger partial charge is 0.383 e. The van der Waals surface area contributed by atoms with E-state index in [9.17, 15) is 0 Å². The molecule has 1 aromatic rings. The molecule has 1 rings (SSSR count). The van der Waals surface area contributed by atoms with Crippen LogP contribution in [0.2, 0.25) is 5.02 Å². The fourth-order valence-electron chi connectivity index (χ4n) is 1.23. The van der Waals surface area contributed by atoms with Crippen molar-refractivity contribution in [2.24, 2.45) is 0 Å². The van der Waals surface area contributed by atoms with E-state index in [1.54, 1.807) is 7.11 Å². The van der Waals surface area contributed by atoms with E-state index in [0.29, 0.717) is 10.8 Å². The van der Waals surface area contributed by atoms with Crippen molar-refractivity contribution in [3.8, 4) is 0 Å². The van der Waals surface area contributed by atoms with Gasteiger partial charge in [-0.2, -0.15) is 4.98 Å². The van der Waals surface area contributed by atoms with Gasteiger partial charge in [-0.15, -0.1) is 0 Å². The van der Waals surface area contributed by atoms with Gasteiger partial charge in [-0.05, 0) is 7.05 Å². The second kappa shape index (κ2) is 7.26. The summed E-state index contributed by atoms with van der Waals surface area (Å²) in [5, 5.41) is 3.59. The summed E-state index contributed by atoms with van der Waals surface area (Å²) in [4.78, 5) is 9.95. The number of ether oxygens (including phenoxy) is 1. The summed E-state index contributed by atoms with van der Waals surface area (Å²) in [6.07, 6.45) is 1.49. The highest BCUT2D eigenvalue weighted by molar-refractivity contribution is 6.32. The average molecular weight is 260 g/mol. The van der Waals surface area contributed by atoms with Crippen molar-refractivity contribution in [3.63, 3.8) is 0 Å². The molecule has 0 atom stereocenters. The molecule has 1 aromatic heterocycles. The first-order chi connectivity index (χ1) is 8.13. The number of nitrogens with two attached hydrogens (primary N) is 1. The van der Waals surface area contributed by atoms with Gasteiger partial charge in [0.25, 0.3) is 0 Å². The number of hydrogen-bond donors (Lipinski definition) is 2. The number of nitrogens with zero attached hydrogens (tertiary/aromatic N) is 3. The van der Waals surface area contributed by atoms with E-state index in [0.717, 1.165) is 26.2 Å². The van der Waals surface area contributed by atoms with Crippen LogP contribution < -0.4 is 11.1 Å². The third kappa shape index (κ3) is 5.16.